The summed E-state index contributed by atoms with van der Waals surface area (Å²) in [6.07, 6.45) is 0. The lowest BCUT2D eigenvalue weighted by atomic mass is 9.84. The van der Waals surface area contributed by atoms with Crippen LogP contribution in [0.1, 0.15) is 0 Å². The van der Waals surface area contributed by atoms with Gasteiger partial charge in [-0.3, -0.25) is 10.1 Å². The minimum atomic E-state index is -0.446. The minimum absolute atomic E-state index is 0.119. The predicted octanol–water partition coefficient (Wildman–Crippen LogP) is 35.8. The molecule has 0 amide bonds. The number of hydrogen-bond donors (Lipinski definition) is 1. The van der Waals surface area contributed by atoms with E-state index in [2.05, 4.69) is 499 Å². The highest BCUT2D eigenvalue weighted by Gasteiger charge is 2.27. The average molecular weight is 1910 g/mol. The van der Waals surface area contributed by atoms with E-state index >= 15 is 0 Å². The zero-order valence-electron chi connectivity index (χ0n) is 75.7. The molecule has 0 fully saturated rings. The van der Waals surface area contributed by atoms with Crippen molar-refractivity contribution in [2.24, 2.45) is 0 Å². The maximum atomic E-state index is 11.7. The summed E-state index contributed by atoms with van der Waals surface area (Å²) in [7, 11) is -0.446. The summed E-state index contributed by atoms with van der Waals surface area (Å²) < 4.78 is 3.74. The molecule has 28 rings (SSSR count). The first-order valence-electron chi connectivity index (χ1n) is 47.1. The highest BCUT2D eigenvalue weighted by molar-refractivity contribution is 14.1. The molecule has 0 aliphatic rings. The molecule has 0 atom stereocenters. The van der Waals surface area contributed by atoms with Crippen LogP contribution < -0.4 is 15.9 Å². The van der Waals surface area contributed by atoms with Crippen LogP contribution in [0.25, 0.3) is 224 Å². The Bertz CT molecular complexity index is 9050. The maximum absolute atomic E-state index is 11.7. The minimum Gasteiger partial charge on any atom is -0.354 e. The van der Waals surface area contributed by atoms with E-state index in [0.29, 0.717) is 5.56 Å². The number of rotatable bonds is 12. The quantitative estimate of drug-likeness (QED) is 0.0436. The van der Waals surface area contributed by atoms with Gasteiger partial charge in [-0.2, -0.15) is 0 Å². The summed E-state index contributed by atoms with van der Waals surface area (Å²) in [5.74, 6) is 0. The predicted molar refractivity (Wildman–Crippen MR) is 603 cm³/mol. The van der Waals surface area contributed by atoms with Gasteiger partial charge in [0.1, 0.15) is 0 Å². The van der Waals surface area contributed by atoms with E-state index in [1.165, 1.54) is 222 Å². The third-order valence-electron chi connectivity index (χ3n) is 27.3. The SMILES string of the molecule is Ic1ccccc1.O=[N+]([O-])c1ccccc1-c1cc2ccc3c(-c4ccccc4)cc(-c4ccccc4)c4ccc(c1)c2c34.c1ccc(-c2cc(-c3ccccc3)c3ccc4c5[nH]c6ccccc6c5cc5ccc2c3c54)cc1.c1ccc(-c2cc(-c3ccccc3)c3ccc4c5c(ccc2c35)cc2c3ccccc3n(-c3ccccc3)c24)cc1.c1ccc(P(c2ccccc2)c2ccccc2)cc1. The third kappa shape index (κ3) is 15.7. The molecule has 654 valence electrons. The normalized spacial score (nSPS) is 11.5. The first-order chi connectivity index (χ1) is 68.8. The Morgan fingerprint density at radius 3 is 0.942 bits per heavy atom. The van der Waals surface area contributed by atoms with Crippen LogP contribution in [0.3, 0.4) is 0 Å². The lowest BCUT2D eigenvalue weighted by Crippen LogP contribution is -2.20. The molecular weight excluding hydrogens is 1820 g/mol. The van der Waals surface area contributed by atoms with Crippen molar-refractivity contribution in [3.8, 4) is 83.6 Å². The number of para-hydroxylation sites is 4. The van der Waals surface area contributed by atoms with E-state index in [0.717, 1.165) is 16.3 Å². The molecule has 2 aromatic heterocycles. The molecule has 1 N–H and O–H groups in total. The lowest BCUT2D eigenvalue weighted by molar-refractivity contribution is -0.384. The van der Waals surface area contributed by atoms with Gasteiger partial charge in [0.05, 0.1) is 27.0 Å². The van der Waals surface area contributed by atoms with Crippen LogP contribution in [0.5, 0.6) is 0 Å². The molecule has 26 aromatic carbocycles. The van der Waals surface area contributed by atoms with Crippen molar-refractivity contribution in [2.75, 3.05) is 0 Å². The maximum Gasteiger partial charge on any atom is 0.277 e. The molecule has 139 heavy (non-hydrogen) atoms. The van der Waals surface area contributed by atoms with Gasteiger partial charge < -0.3 is 9.55 Å². The van der Waals surface area contributed by atoms with Gasteiger partial charge in [0, 0.05) is 53.2 Å². The highest BCUT2D eigenvalue weighted by atomic mass is 127. The number of aromatic amines is 1. The van der Waals surface area contributed by atoms with Crippen molar-refractivity contribution < 1.29 is 4.92 Å². The Balaban J connectivity index is 0.000000101. The second-order valence-electron chi connectivity index (χ2n) is 35.3. The Hall–Kier alpha value is -17.0. The van der Waals surface area contributed by atoms with Crippen molar-refractivity contribution in [3.63, 3.8) is 0 Å². The number of nitrogens with one attached hydrogen (secondary N) is 1. The summed E-state index contributed by atoms with van der Waals surface area (Å²) in [4.78, 5) is 15.2. The Morgan fingerprint density at radius 2 is 0.540 bits per heavy atom. The summed E-state index contributed by atoms with van der Waals surface area (Å²) >= 11 is 2.28. The van der Waals surface area contributed by atoms with Gasteiger partial charge in [-0.05, 0) is 290 Å². The molecule has 0 bridgehead atoms. The first kappa shape index (κ1) is 85.0. The second kappa shape index (κ2) is 37.0. The summed E-state index contributed by atoms with van der Waals surface area (Å²) in [5, 5.41) is 43.8. The van der Waals surface area contributed by atoms with Gasteiger partial charge in [-0.1, -0.05) is 431 Å². The van der Waals surface area contributed by atoms with Crippen molar-refractivity contribution in [1.82, 2.24) is 9.55 Å². The number of nitro groups is 1. The molecule has 0 unspecified atom stereocenters. The zero-order chi connectivity index (χ0) is 92.8. The van der Waals surface area contributed by atoms with Gasteiger partial charge in [0.15, 0.2) is 0 Å². The smallest absolute Gasteiger partial charge is 0.277 e. The van der Waals surface area contributed by atoms with Gasteiger partial charge in [0.2, 0.25) is 0 Å². The molecule has 5 nitrogen and oxygen atoms in total. The van der Waals surface area contributed by atoms with Gasteiger partial charge in [-0.15, -0.1) is 0 Å². The monoisotopic (exact) mass is 1900 g/mol. The average Bonchev–Trinajstić information content (AvgIpc) is 1.65. The number of fused-ring (bicyclic) bond motifs is 8. The van der Waals surface area contributed by atoms with Gasteiger partial charge in [0.25, 0.3) is 5.69 Å². The molecule has 7 heteroatoms. The van der Waals surface area contributed by atoms with Crippen LogP contribution in [-0.4, -0.2) is 14.5 Å². The number of hydrogen-bond acceptors (Lipinski definition) is 2. The Morgan fingerprint density at radius 1 is 0.230 bits per heavy atom. The Kier molecular flexibility index (Phi) is 22.6. The fraction of sp³-hybridized carbons (Fsp3) is 0. The van der Waals surface area contributed by atoms with E-state index in [9.17, 15) is 10.1 Å². The number of aromatic nitrogens is 2. The topological polar surface area (TPSA) is 63.9 Å². The molecule has 0 saturated carbocycles. The van der Waals surface area contributed by atoms with E-state index in [4.69, 9.17) is 0 Å². The third-order valence-corrected chi connectivity index (χ3v) is 30.5. The Labute approximate surface area is 819 Å². The molecule has 0 aliphatic carbocycles. The summed E-state index contributed by atoms with van der Waals surface area (Å²) in [6, 6.07) is 185. The van der Waals surface area contributed by atoms with Crippen LogP contribution in [-0.2, 0) is 0 Å². The fourth-order valence-corrected chi connectivity index (χ4v) is 23.9. The van der Waals surface area contributed by atoms with E-state index in [-0.39, 0.29) is 10.6 Å². The summed E-state index contributed by atoms with van der Waals surface area (Å²) in [6.45, 7) is 0. The van der Waals surface area contributed by atoms with Crippen molar-refractivity contribution in [3.05, 3.63) is 535 Å². The van der Waals surface area contributed by atoms with Crippen LogP contribution in [0.4, 0.5) is 5.69 Å². The van der Waals surface area contributed by atoms with Gasteiger partial charge in [-0.25, -0.2) is 0 Å². The standard InChI is InChI=1S/C40H25N.C34H21NO2.C34H21N.C18H15P.C6H5I/c1-4-12-26(13-5-1)34-25-35(27-14-6-2-7-15-27)32-22-23-33-38-28(20-21-31(34)39(32)38)24-36-30-18-10-11-19-37(30)41(40(33)36)29-16-8-3-9-17-29;36-35(37)32-14-8-7-13-27(32)26-19-24-15-17-28-30(22-9-3-1-4-10-22)21-31(23-11-5-2-6-12-23)29-18-16-25(20-26)33(24)34(28)29;1-3-9-21(10-4-1)28-20-29(22-11-5-2-6-12-22)26-17-18-27-32-23(15-16-25(28)33(26)32)19-30-24-13-7-8-14-31(24)35-34(27)30;1-4-10-16(11-5-1)19(17-12-6-2-7-13-17)18-14-8-3-9-15-18;7-6-4-2-1-3-5-6/h1-25H;1-21H;1-20,35H;1-15H;1-5H. The number of nitrogens with zero attached hydrogens (tertiary/aromatic N) is 2. The molecule has 0 radical (unpaired) electrons. The van der Waals surface area contributed by atoms with Crippen molar-refractivity contribution in [1.29, 1.82) is 0 Å². The van der Waals surface area contributed by atoms with Crippen molar-refractivity contribution in [2.45, 2.75) is 0 Å². The molecule has 2 heterocycles. The molecule has 0 aliphatic heterocycles. The number of H-pyrrole nitrogens is 1. The van der Waals surface area contributed by atoms with E-state index in [1.54, 1.807) is 12.1 Å². The molecular formula is C132H87IN3O2P. The van der Waals surface area contributed by atoms with Crippen LogP contribution >= 0.6 is 30.5 Å². The molecule has 0 saturated heterocycles. The van der Waals surface area contributed by atoms with Crippen LogP contribution in [0.15, 0.2) is 522 Å². The van der Waals surface area contributed by atoms with Crippen LogP contribution in [0, 0.1) is 13.7 Å². The number of nitro benzene ring substituents is 1. The van der Waals surface area contributed by atoms with Crippen molar-refractivity contribution >= 4 is 193 Å². The summed E-state index contributed by atoms with van der Waals surface area (Å²) in [5.41, 5.74) is 22.5. The number of benzene rings is 26. The van der Waals surface area contributed by atoms with E-state index < -0.39 is 7.92 Å². The van der Waals surface area contributed by atoms with E-state index in [1.807, 2.05) is 42.5 Å². The first-order valence-corrected chi connectivity index (χ1v) is 49.5. The molecule has 28 aromatic rings. The number of halogens is 1. The fourth-order valence-electron chi connectivity index (χ4n) is 21.2. The zero-order valence-corrected chi connectivity index (χ0v) is 78.7. The second-order valence-corrected chi connectivity index (χ2v) is 38.8. The largest absolute Gasteiger partial charge is 0.354 e. The lowest BCUT2D eigenvalue weighted by Gasteiger charge is -2.19. The highest BCUT2D eigenvalue weighted by Crippen LogP contribution is 2.52. The molecule has 0 spiro atoms. The van der Waals surface area contributed by atoms with Gasteiger partial charge >= 0.3 is 0 Å². The van der Waals surface area contributed by atoms with Crippen LogP contribution in [0.2, 0.25) is 0 Å².